The quantitative estimate of drug-likeness (QED) is 0.670. The first-order chi connectivity index (χ1) is 6.45. The lowest BCUT2D eigenvalue weighted by Gasteiger charge is -2.37. The average molecular weight is 194 g/mol. The second kappa shape index (κ2) is 2.85. The van der Waals surface area contributed by atoms with Gasteiger partial charge in [0, 0.05) is 0 Å². The van der Waals surface area contributed by atoms with Gasteiger partial charge in [0.1, 0.15) is 0 Å². The third-order valence-electron chi connectivity index (χ3n) is 5.39. The first kappa shape index (κ1) is 10.2. The van der Waals surface area contributed by atoms with Crippen molar-refractivity contribution in [3.05, 3.63) is 12.7 Å². The molecule has 80 valence electrons. The lowest BCUT2D eigenvalue weighted by Crippen LogP contribution is -2.37. The maximum absolute atomic E-state index is 10.4. The normalized spacial score (nSPS) is 49.6. The van der Waals surface area contributed by atoms with E-state index in [-0.39, 0.29) is 11.5 Å². The van der Waals surface area contributed by atoms with E-state index < -0.39 is 0 Å². The zero-order chi connectivity index (χ0) is 10.6. The minimum absolute atomic E-state index is 0.116. The van der Waals surface area contributed by atoms with Crippen molar-refractivity contribution in [2.45, 2.75) is 46.1 Å². The van der Waals surface area contributed by atoms with E-state index in [0.717, 1.165) is 6.42 Å². The highest BCUT2D eigenvalue weighted by molar-refractivity contribution is 5.14. The molecule has 0 heterocycles. The van der Waals surface area contributed by atoms with Crippen LogP contribution in [-0.2, 0) is 0 Å². The molecule has 1 heteroatoms. The molecule has 2 rings (SSSR count). The van der Waals surface area contributed by atoms with E-state index in [4.69, 9.17) is 0 Å². The van der Waals surface area contributed by atoms with Gasteiger partial charge in [0.05, 0.1) is 6.10 Å². The Morgan fingerprint density at radius 1 is 1.43 bits per heavy atom. The Labute approximate surface area is 87.2 Å². The van der Waals surface area contributed by atoms with Crippen molar-refractivity contribution in [1.82, 2.24) is 0 Å². The van der Waals surface area contributed by atoms with Crippen LogP contribution in [0, 0.1) is 22.7 Å². The Morgan fingerprint density at radius 3 is 2.50 bits per heavy atom. The molecule has 1 nitrogen and oxygen atoms in total. The van der Waals surface area contributed by atoms with Crippen molar-refractivity contribution >= 4 is 0 Å². The maximum atomic E-state index is 10.4. The molecule has 0 aromatic heterocycles. The molecular weight excluding hydrogens is 172 g/mol. The molecule has 4 atom stereocenters. The van der Waals surface area contributed by atoms with Crippen LogP contribution in [0.3, 0.4) is 0 Å². The van der Waals surface area contributed by atoms with Crippen LogP contribution in [0.2, 0.25) is 0 Å². The molecule has 0 unspecified atom stereocenters. The number of rotatable bonds is 2. The summed E-state index contributed by atoms with van der Waals surface area (Å²) in [6.07, 6.45) is 5.31. The molecule has 1 N–H and O–H groups in total. The Hall–Kier alpha value is -0.300. The van der Waals surface area contributed by atoms with Crippen LogP contribution < -0.4 is 0 Å². The van der Waals surface area contributed by atoms with Crippen molar-refractivity contribution in [3.8, 4) is 0 Å². The van der Waals surface area contributed by atoms with Crippen molar-refractivity contribution in [3.63, 3.8) is 0 Å². The largest absolute Gasteiger partial charge is 0.392 e. The third-order valence-corrected chi connectivity index (χ3v) is 5.39. The fourth-order valence-corrected chi connectivity index (χ4v) is 4.02. The minimum Gasteiger partial charge on any atom is -0.392 e. The van der Waals surface area contributed by atoms with E-state index in [0.29, 0.717) is 17.3 Å². The molecule has 0 saturated heterocycles. The summed E-state index contributed by atoms with van der Waals surface area (Å²) in [4.78, 5) is 0. The average Bonchev–Trinajstić information content (AvgIpc) is 2.41. The zero-order valence-electron chi connectivity index (χ0n) is 9.59. The number of aliphatic hydroxyl groups is 1. The van der Waals surface area contributed by atoms with Crippen molar-refractivity contribution < 1.29 is 5.11 Å². The van der Waals surface area contributed by atoms with E-state index in [1.807, 2.05) is 6.08 Å². The molecule has 2 bridgehead atoms. The van der Waals surface area contributed by atoms with Gasteiger partial charge in [0.2, 0.25) is 0 Å². The third kappa shape index (κ3) is 0.942. The summed E-state index contributed by atoms with van der Waals surface area (Å²) in [5, 5.41) is 10.4. The van der Waals surface area contributed by atoms with Gasteiger partial charge in [0.15, 0.2) is 0 Å². The molecule has 2 fully saturated rings. The highest BCUT2D eigenvalue weighted by atomic mass is 16.3. The Bertz CT molecular complexity index is 256. The predicted molar refractivity (Wildman–Crippen MR) is 58.9 cm³/mol. The van der Waals surface area contributed by atoms with Gasteiger partial charge in [0.25, 0.3) is 0 Å². The summed E-state index contributed by atoms with van der Waals surface area (Å²) in [5.74, 6) is 1.15. The fourth-order valence-electron chi connectivity index (χ4n) is 4.02. The molecule has 0 radical (unpaired) electrons. The molecule has 2 saturated carbocycles. The summed E-state index contributed by atoms with van der Waals surface area (Å²) in [5.41, 5.74) is 0.450. The molecule has 0 aromatic carbocycles. The minimum atomic E-state index is -0.116. The van der Waals surface area contributed by atoms with E-state index in [1.165, 1.54) is 12.8 Å². The summed E-state index contributed by atoms with van der Waals surface area (Å²) < 4.78 is 0. The lowest BCUT2D eigenvalue weighted by molar-refractivity contribution is -0.00957. The molecule has 2 aliphatic rings. The highest BCUT2D eigenvalue weighted by Gasteiger charge is 2.65. The van der Waals surface area contributed by atoms with Crippen LogP contribution in [0.1, 0.15) is 40.0 Å². The van der Waals surface area contributed by atoms with Crippen LogP contribution in [-0.4, -0.2) is 11.2 Å². The second-order valence-corrected chi connectivity index (χ2v) is 5.92. The molecule has 0 spiro atoms. The number of aliphatic hydroxyl groups excluding tert-OH is 1. The SMILES string of the molecule is C=CC[C@@H]1[C@H]2CC[C@@](C)([C@H]1O)C2(C)C. The molecular formula is C13H22O. The van der Waals surface area contributed by atoms with Gasteiger partial charge >= 0.3 is 0 Å². The van der Waals surface area contributed by atoms with E-state index >= 15 is 0 Å². The zero-order valence-corrected chi connectivity index (χ0v) is 9.59. The summed E-state index contributed by atoms with van der Waals surface area (Å²) >= 11 is 0. The molecule has 0 amide bonds. The summed E-state index contributed by atoms with van der Waals surface area (Å²) in [6.45, 7) is 10.7. The fraction of sp³-hybridized carbons (Fsp3) is 0.846. The summed E-state index contributed by atoms with van der Waals surface area (Å²) in [7, 11) is 0. The number of hydrogen-bond acceptors (Lipinski definition) is 1. The monoisotopic (exact) mass is 194 g/mol. The van der Waals surface area contributed by atoms with E-state index in [2.05, 4.69) is 27.4 Å². The van der Waals surface area contributed by atoms with Crippen LogP contribution in [0.25, 0.3) is 0 Å². The molecule has 0 aliphatic heterocycles. The topological polar surface area (TPSA) is 20.2 Å². The summed E-state index contributed by atoms with van der Waals surface area (Å²) in [6, 6.07) is 0. The van der Waals surface area contributed by atoms with Crippen molar-refractivity contribution in [1.29, 1.82) is 0 Å². The van der Waals surface area contributed by atoms with Crippen LogP contribution in [0.15, 0.2) is 12.7 Å². The number of allylic oxidation sites excluding steroid dienone is 1. The highest BCUT2D eigenvalue weighted by Crippen LogP contribution is 2.68. The van der Waals surface area contributed by atoms with Gasteiger partial charge in [-0.05, 0) is 41.9 Å². The second-order valence-electron chi connectivity index (χ2n) is 5.92. The van der Waals surface area contributed by atoms with Gasteiger partial charge in [-0.15, -0.1) is 6.58 Å². The smallest absolute Gasteiger partial charge is 0.0632 e. The van der Waals surface area contributed by atoms with Crippen molar-refractivity contribution in [2.75, 3.05) is 0 Å². The lowest BCUT2D eigenvalue weighted by atomic mass is 9.70. The Morgan fingerprint density at radius 2 is 2.07 bits per heavy atom. The van der Waals surface area contributed by atoms with Crippen LogP contribution in [0.4, 0.5) is 0 Å². The molecule has 0 aromatic rings. The first-order valence-electron chi connectivity index (χ1n) is 5.74. The van der Waals surface area contributed by atoms with Gasteiger partial charge in [-0.3, -0.25) is 0 Å². The van der Waals surface area contributed by atoms with Crippen LogP contribution >= 0.6 is 0 Å². The standard InChI is InChI=1S/C13H22O/c1-5-6-9-10-7-8-13(4,11(9)14)12(10,2)3/h5,9-11,14H,1,6-8H2,2-4H3/t9-,10-,11+,13+/m1/s1. The van der Waals surface area contributed by atoms with Gasteiger partial charge < -0.3 is 5.11 Å². The Kier molecular flexibility index (Phi) is 2.08. The van der Waals surface area contributed by atoms with Crippen molar-refractivity contribution in [2.24, 2.45) is 22.7 Å². The van der Waals surface area contributed by atoms with E-state index in [9.17, 15) is 5.11 Å². The van der Waals surface area contributed by atoms with Crippen LogP contribution in [0.5, 0.6) is 0 Å². The molecule has 14 heavy (non-hydrogen) atoms. The van der Waals surface area contributed by atoms with Gasteiger partial charge in [-0.2, -0.15) is 0 Å². The number of fused-ring (bicyclic) bond motifs is 2. The first-order valence-corrected chi connectivity index (χ1v) is 5.74. The molecule has 2 aliphatic carbocycles. The van der Waals surface area contributed by atoms with Gasteiger partial charge in [-0.25, -0.2) is 0 Å². The van der Waals surface area contributed by atoms with E-state index in [1.54, 1.807) is 0 Å². The maximum Gasteiger partial charge on any atom is 0.0632 e. The van der Waals surface area contributed by atoms with Gasteiger partial charge in [-0.1, -0.05) is 26.8 Å². The Balaban J connectivity index is 2.33. The predicted octanol–water partition coefficient (Wildman–Crippen LogP) is 3.00. The number of hydrogen-bond donors (Lipinski definition) is 1.